The molecule has 0 aromatic heterocycles. The van der Waals surface area contributed by atoms with Gasteiger partial charge in [-0.05, 0) is 48.6 Å². The Morgan fingerprint density at radius 3 is 2.19 bits per heavy atom. The highest BCUT2D eigenvalue weighted by Gasteiger charge is 2.42. The summed E-state index contributed by atoms with van der Waals surface area (Å²) in [5.41, 5.74) is 0.709. The number of morpholine rings is 1. The zero-order valence-electron chi connectivity index (χ0n) is 16.8. The van der Waals surface area contributed by atoms with E-state index in [1.165, 1.54) is 12.1 Å². The van der Waals surface area contributed by atoms with E-state index in [0.717, 1.165) is 17.7 Å². The minimum atomic E-state index is -0.832. The summed E-state index contributed by atoms with van der Waals surface area (Å²) < 4.78 is 45.7. The second kappa shape index (κ2) is 9.09. The van der Waals surface area contributed by atoms with Crippen LogP contribution in [0.25, 0.3) is 0 Å². The summed E-state index contributed by atoms with van der Waals surface area (Å²) in [5.74, 6) is -3.24. The Labute approximate surface area is 178 Å². The summed E-state index contributed by atoms with van der Waals surface area (Å²) >= 11 is 0. The molecule has 164 valence electrons. The largest absolute Gasteiger partial charge is 0.378 e. The fourth-order valence-corrected chi connectivity index (χ4v) is 4.48. The van der Waals surface area contributed by atoms with Gasteiger partial charge in [-0.2, -0.15) is 0 Å². The van der Waals surface area contributed by atoms with Gasteiger partial charge in [-0.15, -0.1) is 0 Å². The van der Waals surface area contributed by atoms with Crippen molar-refractivity contribution in [2.45, 2.75) is 24.8 Å². The Morgan fingerprint density at radius 2 is 1.55 bits per heavy atom. The van der Waals surface area contributed by atoms with Gasteiger partial charge in [0.05, 0.1) is 13.2 Å². The van der Waals surface area contributed by atoms with Crippen LogP contribution < -0.4 is 5.32 Å². The quantitative estimate of drug-likeness (QED) is 0.807. The van der Waals surface area contributed by atoms with E-state index in [2.05, 4.69) is 5.32 Å². The molecular weight excluding hydrogens is 409 g/mol. The molecule has 1 saturated heterocycles. The summed E-state index contributed by atoms with van der Waals surface area (Å²) in [6.07, 6.45) is 0.859. The SMILES string of the molecule is O=C(N[C@@H]1C[C@H](C(=O)N2CCOCC2)[C@@H](c2ccc(F)cc2)C1)c1cc(F)cc(F)c1. The first-order valence-electron chi connectivity index (χ1n) is 10.3. The lowest BCUT2D eigenvalue weighted by Crippen LogP contribution is -2.44. The fourth-order valence-electron chi connectivity index (χ4n) is 4.48. The van der Waals surface area contributed by atoms with Crippen LogP contribution in [0.3, 0.4) is 0 Å². The first-order valence-corrected chi connectivity index (χ1v) is 10.3. The van der Waals surface area contributed by atoms with E-state index < -0.39 is 23.5 Å². The summed E-state index contributed by atoms with van der Waals surface area (Å²) in [4.78, 5) is 27.6. The Kier molecular flexibility index (Phi) is 6.27. The summed E-state index contributed by atoms with van der Waals surface area (Å²) in [6, 6.07) is 8.32. The van der Waals surface area contributed by atoms with Gasteiger partial charge in [0.25, 0.3) is 5.91 Å². The highest BCUT2D eigenvalue weighted by Crippen LogP contribution is 2.41. The predicted octanol–water partition coefficient (Wildman–Crippen LogP) is 3.25. The lowest BCUT2D eigenvalue weighted by molar-refractivity contribution is -0.140. The van der Waals surface area contributed by atoms with Gasteiger partial charge in [0, 0.05) is 36.7 Å². The molecule has 2 fully saturated rings. The summed E-state index contributed by atoms with van der Waals surface area (Å²) in [6.45, 7) is 1.96. The van der Waals surface area contributed by atoms with Crippen LogP contribution in [-0.4, -0.2) is 49.1 Å². The van der Waals surface area contributed by atoms with Crippen LogP contribution in [-0.2, 0) is 9.53 Å². The number of rotatable bonds is 4. The molecule has 0 bridgehead atoms. The highest BCUT2D eigenvalue weighted by molar-refractivity contribution is 5.94. The monoisotopic (exact) mass is 432 g/mol. The van der Waals surface area contributed by atoms with Crippen molar-refractivity contribution in [3.8, 4) is 0 Å². The van der Waals surface area contributed by atoms with Crippen LogP contribution in [0.5, 0.6) is 0 Å². The van der Waals surface area contributed by atoms with Gasteiger partial charge in [0.1, 0.15) is 17.5 Å². The van der Waals surface area contributed by atoms with Crippen LogP contribution >= 0.6 is 0 Å². The predicted molar refractivity (Wildman–Crippen MR) is 107 cm³/mol. The smallest absolute Gasteiger partial charge is 0.251 e. The number of ether oxygens (including phenoxy) is 1. The van der Waals surface area contributed by atoms with Gasteiger partial charge >= 0.3 is 0 Å². The molecule has 31 heavy (non-hydrogen) atoms. The fraction of sp³-hybridized carbons (Fsp3) is 0.391. The minimum absolute atomic E-state index is 0.0221. The molecule has 1 saturated carbocycles. The van der Waals surface area contributed by atoms with Crippen molar-refractivity contribution in [3.63, 3.8) is 0 Å². The number of amides is 2. The standard InChI is InChI=1S/C23H23F3N2O3/c24-16-3-1-14(2-4-16)20-12-19(13-21(20)23(30)28-5-7-31-8-6-28)27-22(29)15-9-17(25)11-18(26)10-15/h1-4,9-11,19-21H,5-8,12-13H2,(H,27,29)/t19-,20+,21-/m0/s1. The summed E-state index contributed by atoms with van der Waals surface area (Å²) in [5, 5.41) is 2.81. The molecule has 3 atom stereocenters. The van der Waals surface area contributed by atoms with Crippen molar-refractivity contribution in [2.75, 3.05) is 26.3 Å². The van der Waals surface area contributed by atoms with E-state index in [9.17, 15) is 22.8 Å². The molecule has 5 nitrogen and oxygen atoms in total. The topological polar surface area (TPSA) is 58.6 Å². The lowest BCUT2D eigenvalue weighted by atomic mass is 9.88. The molecule has 4 rings (SSSR count). The third-order valence-electron chi connectivity index (χ3n) is 5.96. The zero-order valence-corrected chi connectivity index (χ0v) is 16.8. The van der Waals surface area contributed by atoms with Crippen LogP contribution in [0.15, 0.2) is 42.5 Å². The number of carbonyl (C=O) groups is 2. The maximum atomic E-state index is 13.5. The van der Waals surface area contributed by atoms with E-state index in [4.69, 9.17) is 4.74 Å². The molecule has 1 aliphatic carbocycles. The molecule has 0 spiro atoms. The zero-order chi connectivity index (χ0) is 22.0. The summed E-state index contributed by atoms with van der Waals surface area (Å²) in [7, 11) is 0. The average molecular weight is 432 g/mol. The van der Waals surface area contributed by atoms with E-state index in [1.54, 1.807) is 17.0 Å². The lowest BCUT2D eigenvalue weighted by Gasteiger charge is -2.31. The molecule has 0 unspecified atom stereocenters. The molecule has 1 N–H and O–H groups in total. The van der Waals surface area contributed by atoms with Crippen molar-refractivity contribution in [1.29, 1.82) is 0 Å². The van der Waals surface area contributed by atoms with Gasteiger partial charge in [-0.3, -0.25) is 9.59 Å². The number of carbonyl (C=O) groups excluding carboxylic acids is 2. The van der Waals surface area contributed by atoms with E-state index in [-0.39, 0.29) is 29.2 Å². The van der Waals surface area contributed by atoms with Crippen LogP contribution in [0.2, 0.25) is 0 Å². The van der Waals surface area contributed by atoms with Crippen LogP contribution in [0.4, 0.5) is 13.2 Å². The average Bonchev–Trinajstić information content (AvgIpc) is 3.17. The van der Waals surface area contributed by atoms with Crippen molar-refractivity contribution < 1.29 is 27.5 Å². The van der Waals surface area contributed by atoms with Crippen molar-refractivity contribution in [1.82, 2.24) is 10.2 Å². The van der Waals surface area contributed by atoms with Gasteiger partial charge < -0.3 is 15.0 Å². The molecule has 2 amide bonds. The normalized spacial score (nSPS) is 23.6. The van der Waals surface area contributed by atoms with E-state index in [0.29, 0.717) is 45.2 Å². The van der Waals surface area contributed by atoms with Crippen LogP contribution in [0, 0.1) is 23.4 Å². The molecule has 2 aliphatic rings. The number of nitrogens with zero attached hydrogens (tertiary/aromatic N) is 1. The Balaban J connectivity index is 1.53. The van der Waals surface area contributed by atoms with E-state index in [1.807, 2.05) is 0 Å². The van der Waals surface area contributed by atoms with Crippen molar-refractivity contribution >= 4 is 11.8 Å². The minimum Gasteiger partial charge on any atom is -0.378 e. The number of benzene rings is 2. The molecule has 2 aromatic rings. The van der Waals surface area contributed by atoms with Gasteiger partial charge in [0.15, 0.2) is 0 Å². The van der Waals surface area contributed by atoms with E-state index >= 15 is 0 Å². The second-order valence-corrected chi connectivity index (χ2v) is 8.00. The molecule has 0 radical (unpaired) electrons. The third kappa shape index (κ3) is 4.90. The molecule has 2 aromatic carbocycles. The van der Waals surface area contributed by atoms with Gasteiger partial charge in [-0.1, -0.05) is 12.1 Å². The third-order valence-corrected chi connectivity index (χ3v) is 5.96. The Bertz CT molecular complexity index is 941. The number of hydrogen-bond donors (Lipinski definition) is 1. The maximum absolute atomic E-state index is 13.5. The Hall–Kier alpha value is -2.87. The number of hydrogen-bond acceptors (Lipinski definition) is 3. The molecule has 8 heteroatoms. The first-order chi connectivity index (χ1) is 14.9. The number of halogens is 3. The van der Waals surface area contributed by atoms with Crippen LogP contribution in [0.1, 0.15) is 34.7 Å². The highest BCUT2D eigenvalue weighted by atomic mass is 19.1. The second-order valence-electron chi connectivity index (χ2n) is 8.00. The first kappa shape index (κ1) is 21.4. The maximum Gasteiger partial charge on any atom is 0.251 e. The molecular formula is C23H23F3N2O3. The molecule has 1 aliphatic heterocycles. The van der Waals surface area contributed by atoms with Crippen molar-refractivity contribution in [2.24, 2.45) is 5.92 Å². The van der Waals surface area contributed by atoms with Gasteiger partial charge in [-0.25, -0.2) is 13.2 Å². The van der Waals surface area contributed by atoms with Gasteiger partial charge in [0.2, 0.25) is 5.91 Å². The number of nitrogens with one attached hydrogen (secondary N) is 1. The van der Waals surface area contributed by atoms with Crippen molar-refractivity contribution in [3.05, 3.63) is 71.0 Å². The Morgan fingerprint density at radius 1 is 0.903 bits per heavy atom. The molecule has 1 heterocycles.